The van der Waals surface area contributed by atoms with Gasteiger partial charge in [0.2, 0.25) is 5.91 Å². The van der Waals surface area contributed by atoms with E-state index >= 15 is 0 Å². The molecule has 25 heavy (non-hydrogen) atoms. The molecule has 1 aliphatic carbocycles. The summed E-state index contributed by atoms with van der Waals surface area (Å²) in [4.78, 5) is 12.0. The molecular weight excluding hydrogens is 343 g/mol. The second kappa shape index (κ2) is 8.72. The SMILES string of the molecule is Cl.Nc1ccc(CC(=O)Nc2ccc(OC3CCCC3)c(F)c2)cc1. The van der Waals surface area contributed by atoms with Crippen molar-refractivity contribution in [2.45, 2.75) is 38.2 Å². The summed E-state index contributed by atoms with van der Waals surface area (Å²) in [5, 5.41) is 2.70. The second-order valence-electron chi connectivity index (χ2n) is 6.14. The van der Waals surface area contributed by atoms with Crippen molar-refractivity contribution in [2.75, 3.05) is 11.1 Å². The van der Waals surface area contributed by atoms with Gasteiger partial charge in [-0.2, -0.15) is 0 Å². The first-order chi connectivity index (χ1) is 11.6. The van der Waals surface area contributed by atoms with Gasteiger partial charge in [0.15, 0.2) is 11.6 Å². The number of halogens is 2. The highest BCUT2D eigenvalue weighted by Gasteiger charge is 2.18. The molecule has 0 heterocycles. The van der Waals surface area contributed by atoms with E-state index in [1.807, 2.05) is 0 Å². The van der Waals surface area contributed by atoms with Crippen molar-refractivity contribution >= 4 is 29.7 Å². The summed E-state index contributed by atoms with van der Waals surface area (Å²) in [6, 6.07) is 11.6. The first-order valence-electron chi connectivity index (χ1n) is 8.20. The van der Waals surface area contributed by atoms with E-state index < -0.39 is 5.82 Å². The van der Waals surface area contributed by atoms with Crippen LogP contribution in [0.15, 0.2) is 42.5 Å². The highest BCUT2D eigenvalue weighted by atomic mass is 35.5. The van der Waals surface area contributed by atoms with E-state index in [4.69, 9.17) is 10.5 Å². The quantitative estimate of drug-likeness (QED) is 0.776. The summed E-state index contributed by atoms with van der Waals surface area (Å²) in [5.74, 6) is -0.408. The Labute approximate surface area is 153 Å². The van der Waals surface area contributed by atoms with E-state index in [0.29, 0.717) is 11.4 Å². The maximum absolute atomic E-state index is 14.1. The topological polar surface area (TPSA) is 64.4 Å². The van der Waals surface area contributed by atoms with Gasteiger partial charge >= 0.3 is 0 Å². The zero-order chi connectivity index (χ0) is 16.9. The average Bonchev–Trinajstić information content (AvgIpc) is 3.05. The molecule has 0 saturated heterocycles. The van der Waals surface area contributed by atoms with Crippen LogP contribution in [0.3, 0.4) is 0 Å². The van der Waals surface area contributed by atoms with E-state index in [9.17, 15) is 9.18 Å². The average molecular weight is 365 g/mol. The van der Waals surface area contributed by atoms with E-state index in [1.165, 1.54) is 6.07 Å². The van der Waals surface area contributed by atoms with Gasteiger partial charge in [-0.1, -0.05) is 12.1 Å². The number of hydrogen-bond acceptors (Lipinski definition) is 3. The fourth-order valence-corrected chi connectivity index (χ4v) is 2.89. The van der Waals surface area contributed by atoms with Gasteiger partial charge in [-0.25, -0.2) is 4.39 Å². The van der Waals surface area contributed by atoms with Crippen LogP contribution in [0.2, 0.25) is 0 Å². The standard InChI is InChI=1S/C19H21FN2O2.ClH/c20-17-12-15(9-10-18(17)24-16-3-1-2-4-16)22-19(23)11-13-5-7-14(21)8-6-13;/h5-10,12,16H,1-4,11,21H2,(H,22,23);1H. The van der Waals surface area contributed by atoms with Crippen molar-refractivity contribution < 1.29 is 13.9 Å². The molecule has 0 bridgehead atoms. The minimum Gasteiger partial charge on any atom is -0.487 e. The lowest BCUT2D eigenvalue weighted by molar-refractivity contribution is -0.115. The third-order valence-electron chi connectivity index (χ3n) is 4.16. The van der Waals surface area contributed by atoms with E-state index in [1.54, 1.807) is 36.4 Å². The van der Waals surface area contributed by atoms with Crippen LogP contribution in [0.1, 0.15) is 31.2 Å². The molecule has 3 N–H and O–H groups in total. The lowest BCUT2D eigenvalue weighted by Crippen LogP contribution is -2.15. The number of nitrogens with two attached hydrogens (primary N) is 1. The Morgan fingerprint density at radius 1 is 1.16 bits per heavy atom. The molecule has 0 aliphatic heterocycles. The molecule has 134 valence electrons. The predicted molar refractivity (Wildman–Crippen MR) is 99.7 cm³/mol. The number of ether oxygens (including phenoxy) is 1. The third-order valence-corrected chi connectivity index (χ3v) is 4.16. The Hall–Kier alpha value is -2.27. The molecule has 0 aromatic heterocycles. The highest BCUT2D eigenvalue weighted by Crippen LogP contribution is 2.27. The molecule has 0 atom stereocenters. The van der Waals surface area contributed by atoms with E-state index in [2.05, 4.69) is 5.32 Å². The lowest BCUT2D eigenvalue weighted by Gasteiger charge is -2.14. The molecule has 1 aliphatic rings. The molecule has 0 unspecified atom stereocenters. The summed E-state index contributed by atoms with van der Waals surface area (Å²) in [5.41, 5.74) is 7.54. The van der Waals surface area contributed by atoms with Crippen molar-refractivity contribution in [3.05, 3.63) is 53.8 Å². The van der Waals surface area contributed by atoms with Crippen LogP contribution in [0, 0.1) is 5.82 Å². The number of benzene rings is 2. The number of carbonyl (C=O) groups is 1. The number of nitrogens with one attached hydrogen (secondary N) is 1. The van der Waals surface area contributed by atoms with Crippen molar-refractivity contribution in [1.82, 2.24) is 0 Å². The van der Waals surface area contributed by atoms with Gasteiger partial charge in [-0.15, -0.1) is 12.4 Å². The largest absolute Gasteiger partial charge is 0.487 e. The zero-order valence-electron chi connectivity index (χ0n) is 13.8. The van der Waals surface area contributed by atoms with Gasteiger partial charge < -0.3 is 15.8 Å². The highest BCUT2D eigenvalue weighted by molar-refractivity contribution is 5.92. The molecule has 3 rings (SSSR count). The number of hydrogen-bond donors (Lipinski definition) is 2. The smallest absolute Gasteiger partial charge is 0.228 e. The van der Waals surface area contributed by atoms with Gasteiger partial charge in [0, 0.05) is 17.4 Å². The normalized spacial score (nSPS) is 14.0. The van der Waals surface area contributed by atoms with Crippen LogP contribution < -0.4 is 15.8 Å². The summed E-state index contributed by atoms with van der Waals surface area (Å²) in [6.45, 7) is 0. The molecule has 2 aromatic rings. The Kier molecular flexibility index (Phi) is 6.65. The van der Waals surface area contributed by atoms with Crippen molar-refractivity contribution in [1.29, 1.82) is 0 Å². The van der Waals surface area contributed by atoms with Crippen molar-refractivity contribution in [3.8, 4) is 5.75 Å². The van der Waals surface area contributed by atoms with Crippen LogP contribution in [0.25, 0.3) is 0 Å². The van der Waals surface area contributed by atoms with Crippen LogP contribution in [-0.2, 0) is 11.2 Å². The maximum Gasteiger partial charge on any atom is 0.228 e. The molecule has 4 nitrogen and oxygen atoms in total. The number of anilines is 2. The van der Waals surface area contributed by atoms with Gasteiger partial charge in [0.25, 0.3) is 0 Å². The maximum atomic E-state index is 14.1. The summed E-state index contributed by atoms with van der Waals surface area (Å²) >= 11 is 0. The molecule has 1 amide bonds. The first kappa shape index (κ1) is 19.1. The fraction of sp³-hybridized carbons (Fsp3) is 0.316. The molecule has 2 aromatic carbocycles. The van der Waals surface area contributed by atoms with Crippen molar-refractivity contribution in [2.24, 2.45) is 0 Å². The zero-order valence-corrected chi connectivity index (χ0v) is 14.7. The van der Waals surface area contributed by atoms with E-state index in [-0.39, 0.29) is 36.6 Å². The molecule has 1 saturated carbocycles. The minimum absolute atomic E-state index is 0. The molecule has 0 spiro atoms. The number of nitrogen functional groups attached to an aromatic ring is 1. The number of rotatable bonds is 5. The predicted octanol–water partition coefficient (Wildman–Crippen LogP) is 4.33. The molecule has 0 radical (unpaired) electrons. The van der Waals surface area contributed by atoms with Gasteiger partial charge in [-0.05, 0) is 55.5 Å². The number of amides is 1. The van der Waals surface area contributed by atoms with Crippen molar-refractivity contribution in [3.63, 3.8) is 0 Å². The monoisotopic (exact) mass is 364 g/mol. The van der Waals surface area contributed by atoms with Crippen LogP contribution in [0.5, 0.6) is 5.75 Å². The van der Waals surface area contributed by atoms with Gasteiger partial charge in [0.1, 0.15) is 0 Å². The van der Waals surface area contributed by atoms with Crippen LogP contribution >= 0.6 is 12.4 Å². The van der Waals surface area contributed by atoms with Gasteiger partial charge in [0.05, 0.1) is 12.5 Å². The van der Waals surface area contributed by atoms with Crippen LogP contribution in [-0.4, -0.2) is 12.0 Å². The molecule has 1 fully saturated rings. The van der Waals surface area contributed by atoms with Crippen LogP contribution in [0.4, 0.5) is 15.8 Å². The Bertz CT molecular complexity index is 716. The number of carbonyl (C=O) groups excluding carboxylic acids is 1. The van der Waals surface area contributed by atoms with E-state index in [0.717, 1.165) is 31.2 Å². The summed E-state index contributed by atoms with van der Waals surface area (Å²) in [7, 11) is 0. The summed E-state index contributed by atoms with van der Waals surface area (Å²) < 4.78 is 19.8. The minimum atomic E-state index is -0.452. The Morgan fingerprint density at radius 2 is 1.84 bits per heavy atom. The molecular formula is C19H22ClFN2O2. The van der Waals surface area contributed by atoms with Gasteiger partial charge in [-0.3, -0.25) is 4.79 Å². The Morgan fingerprint density at radius 3 is 2.48 bits per heavy atom. The molecule has 6 heteroatoms. The lowest BCUT2D eigenvalue weighted by atomic mass is 10.1. The Balaban J connectivity index is 0.00000225. The first-order valence-corrected chi connectivity index (χ1v) is 8.20. The fourth-order valence-electron chi connectivity index (χ4n) is 2.89. The summed E-state index contributed by atoms with van der Waals surface area (Å²) in [6.07, 6.45) is 4.52. The second-order valence-corrected chi connectivity index (χ2v) is 6.14. The third kappa shape index (κ3) is 5.36.